The number of esters is 1. The number of methoxy groups -OCH3 is 1. The Morgan fingerprint density at radius 2 is 2.05 bits per heavy atom. The number of likely N-dealkylation sites (N-methyl/N-ethyl adjacent to an activating group) is 1. The van der Waals surface area contributed by atoms with Crippen LogP contribution >= 0.6 is 0 Å². The molecule has 1 aliphatic rings. The molecule has 1 saturated heterocycles. The first kappa shape index (κ1) is 12.9. The standard InChI is InChI=1S/C14H18N4O2/c1-16-5-7-17(8-6-16)11-3-4-18-12(14(19)20-2)10-15-13(18)9-11/h3-4,9-10H,5-8H2,1-2H3. The molecule has 0 N–H and O–H groups in total. The summed E-state index contributed by atoms with van der Waals surface area (Å²) in [5, 5.41) is 0. The summed E-state index contributed by atoms with van der Waals surface area (Å²) in [6, 6.07) is 4.03. The molecule has 0 saturated carbocycles. The molecular weight excluding hydrogens is 256 g/mol. The third kappa shape index (κ3) is 2.22. The lowest BCUT2D eigenvalue weighted by Crippen LogP contribution is -2.44. The van der Waals surface area contributed by atoms with Crippen molar-refractivity contribution in [3.63, 3.8) is 0 Å². The molecule has 3 rings (SSSR count). The number of anilines is 1. The lowest BCUT2D eigenvalue weighted by molar-refractivity contribution is 0.0593. The van der Waals surface area contributed by atoms with Crippen LogP contribution in [0, 0.1) is 0 Å². The van der Waals surface area contributed by atoms with E-state index in [1.807, 2.05) is 18.3 Å². The van der Waals surface area contributed by atoms with Crippen LogP contribution in [0.1, 0.15) is 10.5 Å². The summed E-state index contributed by atoms with van der Waals surface area (Å²) in [6.45, 7) is 4.15. The molecule has 0 bridgehead atoms. The molecule has 0 radical (unpaired) electrons. The van der Waals surface area contributed by atoms with Crippen LogP contribution < -0.4 is 4.90 Å². The zero-order valence-electron chi connectivity index (χ0n) is 11.7. The number of aromatic nitrogens is 2. The summed E-state index contributed by atoms with van der Waals surface area (Å²) >= 11 is 0. The number of imidazole rings is 1. The van der Waals surface area contributed by atoms with E-state index in [0.717, 1.165) is 37.5 Å². The molecule has 6 heteroatoms. The molecule has 2 aromatic heterocycles. The van der Waals surface area contributed by atoms with Crippen LogP contribution in [0.5, 0.6) is 0 Å². The molecule has 6 nitrogen and oxygen atoms in total. The fourth-order valence-electron chi connectivity index (χ4n) is 2.49. The van der Waals surface area contributed by atoms with E-state index in [1.54, 1.807) is 10.6 Å². The second-order valence-electron chi connectivity index (χ2n) is 5.04. The Bertz CT molecular complexity index is 629. The molecule has 3 heterocycles. The number of nitrogens with zero attached hydrogens (tertiary/aromatic N) is 4. The van der Waals surface area contributed by atoms with Crippen LogP contribution in [0.2, 0.25) is 0 Å². The largest absolute Gasteiger partial charge is 0.464 e. The fourth-order valence-corrected chi connectivity index (χ4v) is 2.49. The maximum absolute atomic E-state index is 11.6. The minimum atomic E-state index is -0.371. The van der Waals surface area contributed by atoms with Gasteiger partial charge < -0.3 is 14.5 Å². The summed E-state index contributed by atoms with van der Waals surface area (Å²) in [5.41, 5.74) is 2.36. The number of hydrogen-bond acceptors (Lipinski definition) is 5. The molecule has 20 heavy (non-hydrogen) atoms. The van der Waals surface area contributed by atoms with E-state index in [0.29, 0.717) is 5.69 Å². The van der Waals surface area contributed by atoms with Gasteiger partial charge in [-0.2, -0.15) is 0 Å². The molecule has 0 aromatic carbocycles. The average molecular weight is 274 g/mol. The third-order valence-corrected chi connectivity index (χ3v) is 3.76. The number of fused-ring (bicyclic) bond motifs is 1. The van der Waals surface area contributed by atoms with Gasteiger partial charge in [0.1, 0.15) is 5.65 Å². The quantitative estimate of drug-likeness (QED) is 0.761. The molecule has 0 unspecified atom stereocenters. The van der Waals surface area contributed by atoms with Gasteiger partial charge in [0, 0.05) is 44.1 Å². The summed E-state index contributed by atoms with van der Waals surface area (Å²) in [7, 11) is 3.51. The van der Waals surface area contributed by atoms with Crippen molar-refractivity contribution in [2.75, 3.05) is 45.2 Å². The van der Waals surface area contributed by atoms with Crippen LogP contribution in [-0.2, 0) is 4.74 Å². The number of carbonyl (C=O) groups is 1. The highest BCUT2D eigenvalue weighted by molar-refractivity contribution is 5.88. The molecular formula is C14H18N4O2. The average Bonchev–Trinajstić information content (AvgIpc) is 2.90. The number of rotatable bonds is 2. The van der Waals surface area contributed by atoms with Crippen LogP contribution in [0.25, 0.3) is 5.65 Å². The minimum absolute atomic E-state index is 0.371. The summed E-state index contributed by atoms with van der Waals surface area (Å²) in [6.07, 6.45) is 3.43. The molecule has 1 fully saturated rings. The van der Waals surface area contributed by atoms with Crippen molar-refractivity contribution in [3.05, 3.63) is 30.2 Å². The molecule has 2 aromatic rings. The van der Waals surface area contributed by atoms with Crippen molar-refractivity contribution in [2.24, 2.45) is 0 Å². The van der Waals surface area contributed by atoms with E-state index in [-0.39, 0.29) is 5.97 Å². The van der Waals surface area contributed by atoms with E-state index < -0.39 is 0 Å². The van der Waals surface area contributed by atoms with Crippen LogP contribution in [0.4, 0.5) is 5.69 Å². The first-order valence-corrected chi connectivity index (χ1v) is 6.68. The van der Waals surface area contributed by atoms with Crippen LogP contribution in [0.3, 0.4) is 0 Å². The minimum Gasteiger partial charge on any atom is -0.464 e. The van der Waals surface area contributed by atoms with Crippen molar-refractivity contribution in [3.8, 4) is 0 Å². The van der Waals surface area contributed by atoms with Crippen molar-refractivity contribution in [1.29, 1.82) is 0 Å². The Morgan fingerprint density at radius 3 is 2.75 bits per heavy atom. The smallest absolute Gasteiger partial charge is 0.356 e. The monoisotopic (exact) mass is 274 g/mol. The van der Waals surface area contributed by atoms with Crippen molar-refractivity contribution >= 4 is 17.3 Å². The number of pyridine rings is 1. The zero-order valence-corrected chi connectivity index (χ0v) is 11.7. The number of hydrogen-bond donors (Lipinski definition) is 0. The van der Waals surface area contributed by atoms with Gasteiger partial charge in [-0.3, -0.25) is 4.40 Å². The first-order chi connectivity index (χ1) is 9.69. The van der Waals surface area contributed by atoms with Crippen molar-refractivity contribution in [1.82, 2.24) is 14.3 Å². The zero-order chi connectivity index (χ0) is 14.1. The van der Waals surface area contributed by atoms with E-state index in [4.69, 9.17) is 4.74 Å². The number of piperazine rings is 1. The van der Waals surface area contributed by atoms with Gasteiger partial charge in [-0.1, -0.05) is 0 Å². The highest BCUT2D eigenvalue weighted by Gasteiger charge is 2.16. The highest BCUT2D eigenvalue weighted by atomic mass is 16.5. The van der Waals surface area contributed by atoms with Crippen molar-refractivity contribution < 1.29 is 9.53 Å². The molecule has 0 amide bonds. The lowest BCUT2D eigenvalue weighted by atomic mass is 10.2. The normalized spacial score (nSPS) is 16.6. The van der Waals surface area contributed by atoms with E-state index in [2.05, 4.69) is 21.8 Å². The Balaban J connectivity index is 1.90. The first-order valence-electron chi connectivity index (χ1n) is 6.68. The second kappa shape index (κ2) is 5.13. The van der Waals surface area contributed by atoms with Gasteiger partial charge in [0.2, 0.25) is 0 Å². The maximum atomic E-state index is 11.6. The molecule has 106 valence electrons. The van der Waals surface area contributed by atoms with Crippen molar-refractivity contribution in [2.45, 2.75) is 0 Å². The predicted molar refractivity (Wildman–Crippen MR) is 76.2 cm³/mol. The molecule has 0 spiro atoms. The third-order valence-electron chi connectivity index (χ3n) is 3.76. The van der Waals surface area contributed by atoms with Gasteiger partial charge in [-0.15, -0.1) is 0 Å². The topological polar surface area (TPSA) is 50.1 Å². The lowest BCUT2D eigenvalue weighted by Gasteiger charge is -2.34. The maximum Gasteiger partial charge on any atom is 0.356 e. The SMILES string of the molecule is COC(=O)c1cnc2cc(N3CCN(C)CC3)ccn12. The molecule has 0 atom stereocenters. The Kier molecular flexibility index (Phi) is 3.31. The van der Waals surface area contributed by atoms with Gasteiger partial charge >= 0.3 is 5.97 Å². The van der Waals surface area contributed by atoms with Gasteiger partial charge in [-0.25, -0.2) is 9.78 Å². The van der Waals surface area contributed by atoms with Gasteiger partial charge in [0.25, 0.3) is 0 Å². The summed E-state index contributed by atoms with van der Waals surface area (Å²) in [4.78, 5) is 20.6. The van der Waals surface area contributed by atoms with Gasteiger partial charge in [0.05, 0.1) is 13.3 Å². The molecule has 1 aliphatic heterocycles. The second-order valence-corrected chi connectivity index (χ2v) is 5.04. The highest BCUT2D eigenvalue weighted by Crippen LogP contribution is 2.19. The number of carbonyl (C=O) groups excluding carboxylic acids is 1. The van der Waals surface area contributed by atoms with Crippen LogP contribution in [-0.4, -0.2) is 60.6 Å². The van der Waals surface area contributed by atoms with Gasteiger partial charge in [0.15, 0.2) is 5.69 Å². The Labute approximate surface area is 117 Å². The van der Waals surface area contributed by atoms with Gasteiger partial charge in [-0.05, 0) is 13.1 Å². The Hall–Kier alpha value is -2.08. The van der Waals surface area contributed by atoms with E-state index in [1.165, 1.54) is 7.11 Å². The van der Waals surface area contributed by atoms with E-state index >= 15 is 0 Å². The van der Waals surface area contributed by atoms with E-state index in [9.17, 15) is 4.79 Å². The number of ether oxygens (including phenoxy) is 1. The summed E-state index contributed by atoms with van der Waals surface area (Å²) in [5.74, 6) is -0.371. The fraction of sp³-hybridized carbons (Fsp3) is 0.429. The Morgan fingerprint density at radius 1 is 1.30 bits per heavy atom. The molecule has 0 aliphatic carbocycles. The summed E-state index contributed by atoms with van der Waals surface area (Å²) < 4.78 is 6.50. The predicted octanol–water partition coefficient (Wildman–Crippen LogP) is 0.873. The van der Waals surface area contributed by atoms with Crippen LogP contribution in [0.15, 0.2) is 24.5 Å².